The van der Waals surface area contributed by atoms with Gasteiger partial charge in [-0.2, -0.15) is 0 Å². The van der Waals surface area contributed by atoms with E-state index in [-0.39, 0.29) is 11.8 Å². The van der Waals surface area contributed by atoms with Gasteiger partial charge in [0.25, 0.3) is 0 Å². The summed E-state index contributed by atoms with van der Waals surface area (Å²) in [6, 6.07) is 7.45. The third kappa shape index (κ3) is 5.15. The molecule has 1 amide bonds. The molecule has 1 saturated heterocycles. The van der Waals surface area contributed by atoms with Gasteiger partial charge >= 0.3 is 6.09 Å². The number of aromatic nitrogens is 1. The highest BCUT2D eigenvalue weighted by atomic mass is 16.6. The SMILES string of the molecule is COc1ccc2c(O)c(C=C3N=Nc4ncccc43)oc2c1CN1CCCC1CNC(=O)OC(C)(C)C. The lowest BCUT2D eigenvalue weighted by Gasteiger charge is -2.26. The van der Waals surface area contributed by atoms with Gasteiger partial charge in [-0.3, -0.25) is 4.90 Å². The lowest BCUT2D eigenvalue weighted by molar-refractivity contribution is 0.0512. The quantitative estimate of drug-likeness (QED) is 0.445. The number of nitrogens with one attached hydrogen (secondary N) is 1. The van der Waals surface area contributed by atoms with Crippen molar-refractivity contribution in [2.75, 3.05) is 20.2 Å². The molecule has 2 aliphatic heterocycles. The van der Waals surface area contributed by atoms with Crippen molar-refractivity contribution in [3.05, 3.63) is 47.3 Å². The van der Waals surface area contributed by atoms with E-state index in [1.807, 2.05) is 39.0 Å². The predicted molar refractivity (Wildman–Crippen MR) is 139 cm³/mol. The number of fused-ring (bicyclic) bond motifs is 2. The van der Waals surface area contributed by atoms with Crippen LogP contribution in [-0.4, -0.2) is 52.9 Å². The summed E-state index contributed by atoms with van der Waals surface area (Å²) in [5.41, 5.74) is 2.18. The monoisotopic (exact) mass is 505 g/mol. The molecule has 37 heavy (non-hydrogen) atoms. The molecule has 2 aliphatic rings. The Morgan fingerprint density at radius 1 is 1.30 bits per heavy atom. The summed E-state index contributed by atoms with van der Waals surface area (Å²) in [7, 11) is 1.62. The van der Waals surface area contributed by atoms with Crippen LogP contribution in [0, 0.1) is 0 Å². The molecule has 0 saturated carbocycles. The third-order valence-electron chi connectivity index (χ3n) is 6.46. The Bertz CT molecular complexity index is 1390. The van der Waals surface area contributed by atoms with Crippen molar-refractivity contribution in [1.29, 1.82) is 0 Å². The number of benzene rings is 1. The number of furan rings is 1. The molecular weight excluding hydrogens is 474 g/mol. The molecule has 1 unspecified atom stereocenters. The van der Waals surface area contributed by atoms with Crippen LogP contribution in [0.4, 0.5) is 10.6 Å². The molecule has 1 aromatic carbocycles. The molecular formula is C27H31N5O5. The van der Waals surface area contributed by atoms with Gasteiger partial charge in [0.05, 0.1) is 18.1 Å². The number of carbonyl (C=O) groups is 1. The van der Waals surface area contributed by atoms with Crippen LogP contribution < -0.4 is 10.1 Å². The van der Waals surface area contributed by atoms with Gasteiger partial charge in [-0.25, -0.2) is 9.78 Å². The fourth-order valence-electron chi connectivity index (χ4n) is 4.76. The number of likely N-dealkylation sites (tertiary alicyclic amines) is 1. The fourth-order valence-corrected chi connectivity index (χ4v) is 4.76. The van der Waals surface area contributed by atoms with E-state index >= 15 is 0 Å². The number of carbonyl (C=O) groups excluding carboxylic acids is 1. The summed E-state index contributed by atoms with van der Waals surface area (Å²) in [5, 5.41) is 22.8. The number of hydrogen-bond acceptors (Lipinski definition) is 9. The molecule has 2 N–H and O–H groups in total. The van der Waals surface area contributed by atoms with Crippen molar-refractivity contribution in [2.24, 2.45) is 10.2 Å². The van der Waals surface area contributed by atoms with E-state index in [0.29, 0.717) is 47.1 Å². The molecule has 0 aliphatic carbocycles. The lowest BCUT2D eigenvalue weighted by atomic mass is 10.1. The number of ether oxygens (including phenoxy) is 2. The Balaban J connectivity index is 1.41. The fraction of sp³-hybridized carbons (Fsp3) is 0.407. The van der Waals surface area contributed by atoms with E-state index in [4.69, 9.17) is 13.9 Å². The van der Waals surface area contributed by atoms with Crippen LogP contribution in [0.3, 0.4) is 0 Å². The molecule has 194 valence electrons. The highest BCUT2D eigenvalue weighted by molar-refractivity contribution is 5.94. The van der Waals surface area contributed by atoms with E-state index in [9.17, 15) is 9.90 Å². The second-order valence-corrected chi connectivity index (χ2v) is 10.2. The number of pyridine rings is 1. The van der Waals surface area contributed by atoms with Gasteiger partial charge in [0, 0.05) is 37.0 Å². The molecule has 0 radical (unpaired) electrons. The molecule has 4 heterocycles. The van der Waals surface area contributed by atoms with Gasteiger partial charge in [-0.1, -0.05) is 0 Å². The highest BCUT2D eigenvalue weighted by Crippen LogP contribution is 2.42. The maximum atomic E-state index is 12.2. The van der Waals surface area contributed by atoms with E-state index < -0.39 is 11.7 Å². The van der Waals surface area contributed by atoms with Gasteiger partial charge < -0.3 is 24.3 Å². The van der Waals surface area contributed by atoms with Crippen LogP contribution >= 0.6 is 0 Å². The molecule has 0 bridgehead atoms. The molecule has 10 nitrogen and oxygen atoms in total. The topological polar surface area (TPSA) is 122 Å². The Morgan fingerprint density at radius 2 is 2.14 bits per heavy atom. The van der Waals surface area contributed by atoms with Gasteiger partial charge in [-0.15, -0.1) is 10.2 Å². The molecule has 10 heteroatoms. The van der Waals surface area contributed by atoms with E-state index in [0.717, 1.165) is 30.5 Å². The lowest BCUT2D eigenvalue weighted by Crippen LogP contribution is -2.41. The maximum Gasteiger partial charge on any atom is 0.407 e. The number of azo groups is 1. The number of alkyl carbamates (subject to hydrolysis) is 1. The van der Waals surface area contributed by atoms with Crippen LogP contribution in [-0.2, 0) is 11.3 Å². The van der Waals surface area contributed by atoms with Crippen LogP contribution in [0.25, 0.3) is 22.7 Å². The zero-order valence-corrected chi connectivity index (χ0v) is 21.4. The minimum Gasteiger partial charge on any atom is -0.504 e. The summed E-state index contributed by atoms with van der Waals surface area (Å²) in [6.45, 7) is 7.41. The van der Waals surface area contributed by atoms with Crippen molar-refractivity contribution >= 4 is 34.7 Å². The normalized spacial score (nSPS) is 18.5. The van der Waals surface area contributed by atoms with Crippen molar-refractivity contribution in [3.63, 3.8) is 0 Å². The first-order valence-corrected chi connectivity index (χ1v) is 12.3. The number of nitrogens with zero attached hydrogens (tertiary/aromatic N) is 4. The predicted octanol–water partition coefficient (Wildman–Crippen LogP) is 5.63. The molecule has 1 atom stereocenters. The van der Waals surface area contributed by atoms with Gasteiger partial charge in [-0.05, 0) is 64.4 Å². The summed E-state index contributed by atoms with van der Waals surface area (Å²) < 4.78 is 17.3. The number of methoxy groups -OCH3 is 1. The van der Waals surface area contributed by atoms with Crippen LogP contribution in [0.1, 0.15) is 50.5 Å². The van der Waals surface area contributed by atoms with Gasteiger partial charge in [0.1, 0.15) is 22.6 Å². The smallest absolute Gasteiger partial charge is 0.407 e. The number of hydrogen-bond donors (Lipinski definition) is 2. The van der Waals surface area contributed by atoms with Crippen molar-refractivity contribution in [1.82, 2.24) is 15.2 Å². The zero-order valence-electron chi connectivity index (χ0n) is 21.4. The van der Waals surface area contributed by atoms with Crippen LogP contribution in [0.2, 0.25) is 0 Å². The van der Waals surface area contributed by atoms with Gasteiger partial charge in [0.2, 0.25) is 0 Å². The average Bonchev–Trinajstić information content (AvgIpc) is 3.56. The van der Waals surface area contributed by atoms with Crippen molar-refractivity contribution in [3.8, 4) is 11.5 Å². The summed E-state index contributed by atoms with van der Waals surface area (Å²) >= 11 is 0. The van der Waals surface area contributed by atoms with Crippen LogP contribution in [0.15, 0.2) is 45.1 Å². The highest BCUT2D eigenvalue weighted by Gasteiger charge is 2.29. The first-order chi connectivity index (χ1) is 17.7. The second-order valence-electron chi connectivity index (χ2n) is 10.2. The van der Waals surface area contributed by atoms with Gasteiger partial charge in [0.15, 0.2) is 17.3 Å². The Morgan fingerprint density at radius 3 is 2.92 bits per heavy atom. The van der Waals surface area contributed by atoms with Crippen LogP contribution in [0.5, 0.6) is 11.5 Å². The molecule has 3 aromatic rings. The Kier molecular flexibility index (Phi) is 6.59. The first kappa shape index (κ1) is 24.8. The second kappa shape index (κ2) is 9.85. The largest absolute Gasteiger partial charge is 0.504 e. The maximum absolute atomic E-state index is 12.2. The third-order valence-corrected chi connectivity index (χ3v) is 6.46. The standard InChI is InChI=1S/C27H31N5O5/c1-27(2,3)37-26(34)29-14-16-7-6-12-32(16)15-19-21(35-4)10-9-18-23(33)22(36-24(18)19)13-20-17-8-5-11-28-25(17)31-30-20/h5,8-11,13,16,33H,6-7,12,14-15H2,1-4H3,(H,29,34). The summed E-state index contributed by atoms with van der Waals surface area (Å²) in [6.07, 6.45) is 4.87. The van der Waals surface area contributed by atoms with Crippen molar-refractivity contribution in [2.45, 2.75) is 51.8 Å². The molecule has 2 aromatic heterocycles. The summed E-state index contributed by atoms with van der Waals surface area (Å²) in [4.78, 5) is 18.7. The molecule has 1 fully saturated rings. The number of rotatable bonds is 6. The Labute approximate surface area is 215 Å². The average molecular weight is 506 g/mol. The first-order valence-electron chi connectivity index (χ1n) is 12.3. The van der Waals surface area contributed by atoms with E-state index in [1.165, 1.54) is 0 Å². The minimum atomic E-state index is -0.546. The van der Waals surface area contributed by atoms with Crippen molar-refractivity contribution < 1.29 is 23.8 Å². The van der Waals surface area contributed by atoms with E-state index in [2.05, 4.69) is 25.4 Å². The summed E-state index contributed by atoms with van der Waals surface area (Å²) in [5.74, 6) is 1.52. The Hall–Kier alpha value is -3.92. The molecule has 0 spiro atoms. The minimum absolute atomic E-state index is 0.0310. The van der Waals surface area contributed by atoms with E-state index in [1.54, 1.807) is 25.4 Å². The zero-order chi connectivity index (χ0) is 26.2. The molecule has 5 rings (SSSR count). The number of aromatic hydroxyl groups is 1. The number of amides is 1.